The second-order valence-corrected chi connectivity index (χ2v) is 6.02. The molecule has 1 aromatic rings. The fourth-order valence-corrected chi connectivity index (χ4v) is 3.39. The fraction of sp³-hybridized carbons (Fsp3) is 0.625. The highest BCUT2D eigenvalue weighted by molar-refractivity contribution is 5.92. The van der Waals surface area contributed by atoms with Gasteiger partial charge in [-0.05, 0) is 24.5 Å². The minimum absolute atomic E-state index is 0.0460. The second kappa shape index (κ2) is 6.54. The van der Waals surface area contributed by atoms with Gasteiger partial charge in [0.25, 0.3) is 5.91 Å². The van der Waals surface area contributed by atoms with Gasteiger partial charge >= 0.3 is 0 Å². The van der Waals surface area contributed by atoms with Gasteiger partial charge in [-0.1, -0.05) is 18.9 Å². The molecule has 1 aromatic heterocycles. The van der Waals surface area contributed by atoms with E-state index in [0.717, 1.165) is 37.8 Å². The van der Waals surface area contributed by atoms with Crippen molar-refractivity contribution in [3.63, 3.8) is 0 Å². The number of hydrogen-bond donors (Lipinski definition) is 1. The van der Waals surface area contributed by atoms with Crippen LogP contribution in [0.1, 0.15) is 41.7 Å². The molecule has 1 saturated carbocycles. The molecule has 5 heteroatoms. The van der Waals surface area contributed by atoms with E-state index >= 15 is 0 Å². The first kappa shape index (κ1) is 14.5. The maximum atomic E-state index is 12.4. The summed E-state index contributed by atoms with van der Waals surface area (Å²) in [6, 6.07) is 4.42. The molecule has 2 fully saturated rings. The summed E-state index contributed by atoms with van der Waals surface area (Å²) >= 11 is 0. The zero-order valence-corrected chi connectivity index (χ0v) is 12.5. The largest absolute Gasteiger partial charge is 0.335 e. The third-order valence-corrected chi connectivity index (χ3v) is 4.72. The lowest BCUT2D eigenvalue weighted by Gasteiger charge is -2.37. The number of carbonyl (C=O) groups is 1. The van der Waals surface area contributed by atoms with Crippen LogP contribution in [0.3, 0.4) is 0 Å². The molecule has 2 heterocycles. The minimum Gasteiger partial charge on any atom is -0.335 e. The smallest absolute Gasteiger partial charge is 0.272 e. The molecule has 1 amide bonds. The Labute approximate surface area is 126 Å². The van der Waals surface area contributed by atoms with Crippen molar-refractivity contribution >= 4 is 5.91 Å². The van der Waals surface area contributed by atoms with E-state index in [1.165, 1.54) is 25.7 Å². The van der Waals surface area contributed by atoms with Crippen LogP contribution in [0, 0.1) is 0 Å². The van der Waals surface area contributed by atoms with E-state index in [1.807, 2.05) is 11.0 Å². The number of aromatic nitrogens is 1. The first-order chi connectivity index (χ1) is 10.3. The molecule has 1 aliphatic carbocycles. The van der Waals surface area contributed by atoms with Crippen LogP contribution in [0.4, 0.5) is 0 Å². The summed E-state index contributed by atoms with van der Waals surface area (Å²) in [6.45, 7) is 4.08. The summed E-state index contributed by atoms with van der Waals surface area (Å²) in [6.07, 6.45) is 7.08. The van der Waals surface area contributed by atoms with E-state index in [-0.39, 0.29) is 5.91 Å². The number of pyridine rings is 1. The zero-order valence-electron chi connectivity index (χ0n) is 12.5. The lowest BCUT2D eigenvalue weighted by molar-refractivity contribution is 0.0568. The fourth-order valence-electron chi connectivity index (χ4n) is 3.39. The molecule has 0 bridgehead atoms. The van der Waals surface area contributed by atoms with Crippen LogP contribution in [0.15, 0.2) is 18.3 Å². The summed E-state index contributed by atoms with van der Waals surface area (Å²) < 4.78 is 0. The average Bonchev–Trinajstić information content (AvgIpc) is 3.09. The zero-order chi connectivity index (χ0) is 14.7. The maximum Gasteiger partial charge on any atom is 0.272 e. The number of nitrogens with two attached hydrogens (primary N) is 1. The number of piperazine rings is 1. The van der Waals surface area contributed by atoms with Gasteiger partial charge in [-0.25, -0.2) is 0 Å². The number of carbonyl (C=O) groups excluding carboxylic acids is 1. The molecule has 1 saturated heterocycles. The summed E-state index contributed by atoms with van der Waals surface area (Å²) in [5.74, 6) is 0.0460. The monoisotopic (exact) mass is 288 g/mol. The first-order valence-electron chi connectivity index (χ1n) is 7.96. The Morgan fingerprint density at radius 3 is 2.48 bits per heavy atom. The molecule has 0 atom stereocenters. The lowest BCUT2D eigenvalue weighted by Crippen LogP contribution is -2.51. The van der Waals surface area contributed by atoms with Crippen molar-refractivity contribution in [3.05, 3.63) is 29.6 Å². The Morgan fingerprint density at radius 1 is 1.19 bits per heavy atom. The third-order valence-electron chi connectivity index (χ3n) is 4.72. The molecule has 3 rings (SSSR count). The van der Waals surface area contributed by atoms with Gasteiger partial charge in [0.2, 0.25) is 0 Å². The van der Waals surface area contributed by atoms with E-state index in [4.69, 9.17) is 5.73 Å². The molecule has 2 N–H and O–H groups in total. The van der Waals surface area contributed by atoms with Crippen molar-refractivity contribution in [1.29, 1.82) is 0 Å². The molecular formula is C16H24N4O. The molecule has 2 aliphatic rings. The Hall–Kier alpha value is -1.46. The van der Waals surface area contributed by atoms with Crippen molar-refractivity contribution in [2.24, 2.45) is 5.73 Å². The van der Waals surface area contributed by atoms with E-state index < -0.39 is 0 Å². The van der Waals surface area contributed by atoms with Gasteiger partial charge in [0.05, 0.1) is 0 Å². The van der Waals surface area contributed by atoms with E-state index in [2.05, 4.69) is 9.88 Å². The van der Waals surface area contributed by atoms with Crippen molar-refractivity contribution in [2.75, 3.05) is 26.2 Å². The number of rotatable bonds is 3. The Bertz CT molecular complexity index is 474. The normalized spacial score (nSPS) is 20.9. The molecular weight excluding hydrogens is 264 g/mol. The molecule has 1 aliphatic heterocycles. The highest BCUT2D eigenvalue weighted by Gasteiger charge is 2.28. The van der Waals surface area contributed by atoms with Crippen molar-refractivity contribution in [3.8, 4) is 0 Å². The molecule has 0 spiro atoms. The van der Waals surface area contributed by atoms with E-state index in [9.17, 15) is 4.79 Å². The summed E-state index contributed by atoms with van der Waals surface area (Å²) in [7, 11) is 0. The van der Waals surface area contributed by atoms with Crippen LogP contribution < -0.4 is 5.73 Å². The standard InChI is InChI=1S/C16H24N4O/c17-11-13-5-6-15(18-12-13)16(21)20-9-7-19(8-10-20)14-3-1-2-4-14/h5-6,12,14H,1-4,7-11,17H2. The van der Waals surface area contributed by atoms with Crippen LogP contribution in [0.2, 0.25) is 0 Å². The Morgan fingerprint density at radius 2 is 1.90 bits per heavy atom. The molecule has 0 unspecified atom stereocenters. The van der Waals surface area contributed by atoms with Crippen LogP contribution >= 0.6 is 0 Å². The summed E-state index contributed by atoms with van der Waals surface area (Å²) in [4.78, 5) is 21.2. The van der Waals surface area contributed by atoms with E-state index in [1.54, 1.807) is 12.3 Å². The van der Waals surface area contributed by atoms with Crippen molar-refractivity contribution in [2.45, 2.75) is 38.3 Å². The SMILES string of the molecule is NCc1ccc(C(=O)N2CCN(C3CCCC3)CC2)nc1. The molecule has 5 nitrogen and oxygen atoms in total. The summed E-state index contributed by atoms with van der Waals surface area (Å²) in [5.41, 5.74) is 7.04. The van der Waals surface area contributed by atoms with Crippen LogP contribution in [-0.4, -0.2) is 52.9 Å². The Balaban J connectivity index is 1.56. The van der Waals surface area contributed by atoms with Gasteiger partial charge in [-0.3, -0.25) is 14.7 Å². The number of nitrogens with zero attached hydrogens (tertiary/aromatic N) is 3. The van der Waals surface area contributed by atoms with Crippen molar-refractivity contribution in [1.82, 2.24) is 14.8 Å². The minimum atomic E-state index is 0.0460. The lowest BCUT2D eigenvalue weighted by atomic mass is 10.1. The first-order valence-corrected chi connectivity index (χ1v) is 7.96. The average molecular weight is 288 g/mol. The maximum absolute atomic E-state index is 12.4. The van der Waals surface area contributed by atoms with Gasteiger partial charge < -0.3 is 10.6 Å². The van der Waals surface area contributed by atoms with Gasteiger partial charge in [0.1, 0.15) is 5.69 Å². The van der Waals surface area contributed by atoms with Crippen LogP contribution in [0.25, 0.3) is 0 Å². The number of hydrogen-bond acceptors (Lipinski definition) is 4. The third kappa shape index (κ3) is 3.24. The highest BCUT2D eigenvalue weighted by atomic mass is 16.2. The van der Waals surface area contributed by atoms with Crippen LogP contribution in [0.5, 0.6) is 0 Å². The van der Waals surface area contributed by atoms with Gasteiger partial charge in [0.15, 0.2) is 0 Å². The number of amides is 1. The Kier molecular flexibility index (Phi) is 4.51. The highest BCUT2D eigenvalue weighted by Crippen LogP contribution is 2.24. The summed E-state index contributed by atoms with van der Waals surface area (Å²) in [5, 5.41) is 0. The topological polar surface area (TPSA) is 62.5 Å². The molecule has 114 valence electrons. The predicted octanol–water partition coefficient (Wildman–Crippen LogP) is 1.24. The van der Waals surface area contributed by atoms with Crippen molar-refractivity contribution < 1.29 is 4.79 Å². The van der Waals surface area contributed by atoms with Gasteiger partial charge in [-0.2, -0.15) is 0 Å². The van der Waals surface area contributed by atoms with E-state index in [0.29, 0.717) is 12.2 Å². The molecule has 0 aromatic carbocycles. The molecule has 21 heavy (non-hydrogen) atoms. The van der Waals surface area contributed by atoms with Gasteiger partial charge in [0, 0.05) is 45.0 Å². The quantitative estimate of drug-likeness (QED) is 0.909. The second-order valence-electron chi connectivity index (χ2n) is 6.02. The van der Waals surface area contributed by atoms with Gasteiger partial charge in [-0.15, -0.1) is 0 Å². The predicted molar refractivity (Wildman–Crippen MR) is 81.9 cm³/mol. The molecule has 0 radical (unpaired) electrons. The van der Waals surface area contributed by atoms with Crippen LogP contribution in [-0.2, 0) is 6.54 Å².